The third-order valence-electron chi connectivity index (χ3n) is 4.48. The Kier molecular flexibility index (Phi) is 4.13. The molecule has 0 saturated carbocycles. The molecule has 1 amide bonds. The molecule has 3 heterocycles. The first kappa shape index (κ1) is 15.7. The number of H-pyrrole nitrogens is 1. The second-order valence-corrected chi connectivity index (χ2v) is 6.21. The van der Waals surface area contributed by atoms with Crippen LogP contribution in [0.15, 0.2) is 30.5 Å². The van der Waals surface area contributed by atoms with Crippen molar-refractivity contribution in [1.29, 1.82) is 0 Å². The lowest BCUT2D eigenvalue weighted by atomic mass is 10.2. The number of fused-ring (bicyclic) bond motifs is 1. The first-order valence-electron chi connectivity index (χ1n) is 8.68. The van der Waals surface area contributed by atoms with Crippen molar-refractivity contribution in [3.05, 3.63) is 36.3 Å². The van der Waals surface area contributed by atoms with Gasteiger partial charge in [-0.15, -0.1) is 0 Å². The number of hydrogen-bond donors (Lipinski definition) is 1. The molecule has 0 bridgehead atoms. The first-order valence-corrected chi connectivity index (χ1v) is 8.68. The molecule has 7 nitrogen and oxygen atoms in total. The molecule has 3 aromatic rings. The maximum Gasteiger partial charge on any atom is 0.410 e. The topological polar surface area (TPSA) is 76.0 Å². The Morgan fingerprint density at radius 1 is 1.32 bits per heavy atom. The van der Waals surface area contributed by atoms with Gasteiger partial charge in [-0.1, -0.05) is 31.5 Å². The predicted molar refractivity (Wildman–Crippen MR) is 94.0 cm³/mol. The van der Waals surface area contributed by atoms with Gasteiger partial charge in [0.25, 0.3) is 0 Å². The molecule has 1 aliphatic heterocycles. The SMILES string of the molecule is CCCCn1nc(-c2c[nH]c3ccccc23)nc1CN1CCOC1=O. The number of amides is 1. The van der Waals surface area contributed by atoms with Gasteiger partial charge >= 0.3 is 6.09 Å². The number of aryl methyl sites for hydroxylation is 1. The minimum absolute atomic E-state index is 0.279. The number of rotatable bonds is 6. The van der Waals surface area contributed by atoms with Crippen LogP contribution >= 0.6 is 0 Å². The highest BCUT2D eigenvalue weighted by molar-refractivity contribution is 5.93. The van der Waals surface area contributed by atoms with Gasteiger partial charge in [0, 0.05) is 29.2 Å². The number of benzene rings is 1. The van der Waals surface area contributed by atoms with E-state index in [1.165, 1.54) is 0 Å². The minimum Gasteiger partial charge on any atom is -0.448 e. The number of aromatic nitrogens is 4. The molecule has 0 aliphatic carbocycles. The molecule has 4 rings (SSSR count). The van der Waals surface area contributed by atoms with Crippen LogP contribution in [0.25, 0.3) is 22.3 Å². The number of carbonyl (C=O) groups is 1. The Hall–Kier alpha value is -2.83. The van der Waals surface area contributed by atoms with Gasteiger partial charge in [0.15, 0.2) is 5.82 Å². The Morgan fingerprint density at radius 3 is 3.00 bits per heavy atom. The van der Waals surface area contributed by atoms with Gasteiger partial charge in [-0.25, -0.2) is 14.5 Å². The molecule has 0 unspecified atom stereocenters. The van der Waals surface area contributed by atoms with Crippen molar-refractivity contribution >= 4 is 17.0 Å². The lowest BCUT2D eigenvalue weighted by molar-refractivity contribution is 0.156. The fourth-order valence-corrected chi connectivity index (χ4v) is 3.09. The van der Waals surface area contributed by atoms with E-state index in [9.17, 15) is 4.79 Å². The zero-order valence-electron chi connectivity index (χ0n) is 14.2. The number of cyclic esters (lactones) is 1. The van der Waals surface area contributed by atoms with E-state index in [2.05, 4.69) is 18.0 Å². The van der Waals surface area contributed by atoms with Gasteiger partial charge in [-0.3, -0.25) is 4.90 Å². The molecule has 0 atom stereocenters. The second-order valence-electron chi connectivity index (χ2n) is 6.21. The summed E-state index contributed by atoms with van der Waals surface area (Å²) in [4.78, 5) is 21.4. The summed E-state index contributed by atoms with van der Waals surface area (Å²) in [5.74, 6) is 1.49. The third kappa shape index (κ3) is 2.97. The normalized spacial score (nSPS) is 14.4. The Morgan fingerprint density at radius 2 is 2.20 bits per heavy atom. The smallest absolute Gasteiger partial charge is 0.410 e. The zero-order valence-corrected chi connectivity index (χ0v) is 14.2. The van der Waals surface area contributed by atoms with Crippen LogP contribution in [-0.2, 0) is 17.8 Å². The summed E-state index contributed by atoms with van der Waals surface area (Å²) in [6.07, 6.45) is 3.76. The van der Waals surface area contributed by atoms with Gasteiger partial charge in [-0.2, -0.15) is 5.10 Å². The van der Waals surface area contributed by atoms with E-state index in [0.29, 0.717) is 25.5 Å². The average Bonchev–Trinajstić information content (AvgIpc) is 3.32. The van der Waals surface area contributed by atoms with Crippen molar-refractivity contribution in [3.63, 3.8) is 0 Å². The van der Waals surface area contributed by atoms with E-state index in [-0.39, 0.29) is 6.09 Å². The summed E-state index contributed by atoms with van der Waals surface area (Å²) in [6.45, 7) is 4.41. The summed E-state index contributed by atoms with van der Waals surface area (Å²) in [5, 5.41) is 5.81. The zero-order chi connectivity index (χ0) is 17.2. The quantitative estimate of drug-likeness (QED) is 0.748. The molecule has 25 heavy (non-hydrogen) atoms. The van der Waals surface area contributed by atoms with E-state index in [0.717, 1.165) is 41.7 Å². The molecule has 0 radical (unpaired) electrons. The van der Waals surface area contributed by atoms with Crippen molar-refractivity contribution in [3.8, 4) is 11.4 Å². The van der Waals surface area contributed by atoms with E-state index in [4.69, 9.17) is 14.8 Å². The van der Waals surface area contributed by atoms with Crippen LogP contribution in [0.1, 0.15) is 25.6 Å². The van der Waals surface area contributed by atoms with Crippen molar-refractivity contribution in [2.45, 2.75) is 32.9 Å². The summed E-state index contributed by atoms with van der Waals surface area (Å²) >= 11 is 0. The lowest BCUT2D eigenvalue weighted by Gasteiger charge is -2.12. The molecule has 130 valence electrons. The molecule has 7 heteroatoms. The van der Waals surface area contributed by atoms with Gasteiger partial charge in [0.05, 0.1) is 13.1 Å². The average molecular weight is 339 g/mol. The number of nitrogens with zero attached hydrogens (tertiary/aromatic N) is 4. The van der Waals surface area contributed by atoms with Gasteiger partial charge in [0.2, 0.25) is 0 Å². The largest absolute Gasteiger partial charge is 0.448 e. The Labute approximate surface area is 145 Å². The van der Waals surface area contributed by atoms with Crippen LogP contribution < -0.4 is 0 Å². The van der Waals surface area contributed by atoms with Gasteiger partial charge in [0.1, 0.15) is 12.4 Å². The fourth-order valence-electron chi connectivity index (χ4n) is 3.09. The number of aromatic amines is 1. The molecule has 1 fully saturated rings. The van der Waals surface area contributed by atoms with Crippen molar-refractivity contribution in [2.75, 3.05) is 13.2 Å². The third-order valence-corrected chi connectivity index (χ3v) is 4.48. The number of nitrogens with one attached hydrogen (secondary N) is 1. The predicted octanol–water partition coefficient (Wildman–Crippen LogP) is 3.18. The summed E-state index contributed by atoms with van der Waals surface area (Å²) in [7, 11) is 0. The highest BCUT2D eigenvalue weighted by atomic mass is 16.6. The summed E-state index contributed by atoms with van der Waals surface area (Å²) < 4.78 is 6.94. The van der Waals surface area contributed by atoms with Crippen LogP contribution in [0.2, 0.25) is 0 Å². The van der Waals surface area contributed by atoms with Crippen LogP contribution in [0, 0.1) is 0 Å². The molecular weight excluding hydrogens is 318 g/mol. The first-order chi connectivity index (χ1) is 12.3. The highest BCUT2D eigenvalue weighted by Gasteiger charge is 2.25. The Balaban J connectivity index is 1.69. The summed E-state index contributed by atoms with van der Waals surface area (Å²) in [5.41, 5.74) is 2.04. The van der Waals surface area contributed by atoms with Crippen LogP contribution in [0.3, 0.4) is 0 Å². The van der Waals surface area contributed by atoms with E-state index < -0.39 is 0 Å². The lowest BCUT2D eigenvalue weighted by Crippen LogP contribution is -2.25. The number of carbonyl (C=O) groups excluding carboxylic acids is 1. The number of para-hydroxylation sites is 1. The molecule has 2 aromatic heterocycles. The van der Waals surface area contributed by atoms with Crippen LogP contribution in [0.4, 0.5) is 4.79 Å². The standard InChI is InChI=1S/C18H21N5O2/c1-2-3-8-23-16(12-22-9-10-25-18(22)24)20-17(21-23)14-11-19-15-7-5-4-6-13(14)15/h4-7,11,19H,2-3,8-10,12H2,1H3. The molecule has 1 aromatic carbocycles. The highest BCUT2D eigenvalue weighted by Crippen LogP contribution is 2.26. The number of unbranched alkanes of at least 4 members (excludes halogenated alkanes) is 1. The van der Waals surface area contributed by atoms with Crippen molar-refractivity contribution < 1.29 is 9.53 Å². The van der Waals surface area contributed by atoms with Gasteiger partial charge < -0.3 is 9.72 Å². The molecule has 1 aliphatic rings. The van der Waals surface area contributed by atoms with E-state index in [1.54, 1.807) is 4.90 Å². The minimum atomic E-state index is -0.279. The number of ether oxygens (including phenoxy) is 1. The van der Waals surface area contributed by atoms with E-state index >= 15 is 0 Å². The molecule has 1 N–H and O–H groups in total. The number of hydrogen-bond acceptors (Lipinski definition) is 4. The monoisotopic (exact) mass is 339 g/mol. The summed E-state index contributed by atoms with van der Waals surface area (Å²) in [6, 6.07) is 8.11. The maximum atomic E-state index is 11.8. The molecule has 1 saturated heterocycles. The van der Waals surface area contributed by atoms with Crippen molar-refractivity contribution in [2.24, 2.45) is 0 Å². The van der Waals surface area contributed by atoms with Crippen molar-refractivity contribution in [1.82, 2.24) is 24.6 Å². The van der Waals surface area contributed by atoms with Gasteiger partial charge in [-0.05, 0) is 12.5 Å². The molecule has 0 spiro atoms. The van der Waals surface area contributed by atoms with Crippen LogP contribution in [-0.4, -0.2) is 43.9 Å². The van der Waals surface area contributed by atoms with Crippen LogP contribution in [0.5, 0.6) is 0 Å². The maximum absolute atomic E-state index is 11.8. The molecular formula is C18H21N5O2. The fraction of sp³-hybridized carbons (Fsp3) is 0.389. The van der Waals surface area contributed by atoms with E-state index in [1.807, 2.05) is 29.1 Å². The second kappa shape index (κ2) is 6.58. The Bertz CT molecular complexity index is 898.